The Balaban J connectivity index is 2.34. The zero-order chi connectivity index (χ0) is 16.0. The van der Waals surface area contributed by atoms with Crippen molar-refractivity contribution in [2.75, 3.05) is 25.5 Å². The molecule has 21 heavy (non-hydrogen) atoms. The van der Waals surface area contributed by atoms with Crippen LogP contribution in [0.15, 0.2) is 10.6 Å². The highest BCUT2D eigenvalue weighted by Crippen LogP contribution is 2.06. The summed E-state index contributed by atoms with van der Waals surface area (Å²) in [7, 11) is 1.72. The predicted molar refractivity (Wildman–Crippen MR) is 79.8 cm³/mol. The first-order chi connectivity index (χ1) is 9.77. The normalized spacial score (nSPS) is 12.5. The summed E-state index contributed by atoms with van der Waals surface area (Å²) in [6, 6.07) is 1.74. The second kappa shape index (κ2) is 7.78. The molecule has 0 aromatic carbocycles. The Morgan fingerprint density at radius 1 is 1.29 bits per heavy atom. The molecule has 118 valence electrons. The summed E-state index contributed by atoms with van der Waals surface area (Å²) in [6.45, 7) is 8.07. The Bertz CT molecular complexity index is 484. The fraction of sp³-hybridized carbons (Fsp3) is 0.643. The van der Waals surface area contributed by atoms with Crippen molar-refractivity contribution in [3.05, 3.63) is 11.8 Å². The second-order valence-corrected chi connectivity index (χ2v) is 5.64. The maximum Gasteiger partial charge on any atom is 0.239 e. The van der Waals surface area contributed by atoms with E-state index in [0.717, 1.165) is 0 Å². The highest BCUT2D eigenvalue weighted by atomic mass is 16.5. The molecule has 0 unspecified atom stereocenters. The van der Waals surface area contributed by atoms with Gasteiger partial charge in [0.2, 0.25) is 11.8 Å². The smallest absolute Gasteiger partial charge is 0.239 e. The Morgan fingerprint density at radius 3 is 2.43 bits per heavy atom. The molecule has 0 aliphatic carbocycles. The molecule has 2 N–H and O–H groups in total. The molecule has 0 aliphatic rings. The number of likely N-dealkylation sites (N-methyl/N-ethyl adjacent to an activating group) is 1. The minimum atomic E-state index is -0.240. The van der Waals surface area contributed by atoms with Gasteiger partial charge in [0.05, 0.1) is 13.1 Å². The largest absolute Gasteiger partial charge is 0.360 e. The van der Waals surface area contributed by atoms with Crippen LogP contribution in [0.4, 0.5) is 5.82 Å². The minimum Gasteiger partial charge on any atom is -0.360 e. The quantitative estimate of drug-likeness (QED) is 0.784. The molecular formula is C14H24N4O3. The molecular weight excluding hydrogens is 272 g/mol. The van der Waals surface area contributed by atoms with Crippen LogP contribution in [-0.4, -0.2) is 48.0 Å². The molecule has 0 radical (unpaired) electrons. The van der Waals surface area contributed by atoms with Crippen LogP contribution in [0.2, 0.25) is 0 Å². The first-order valence-electron chi connectivity index (χ1n) is 6.99. The zero-order valence-electron chi connectivity index (χ0n) is 13.3. The number of carbonyl (C=O) groups excluding carboxylic acids is 2. The summed E-state index contributed by atoms with van der Waals surface area (Å²) in [6.07, 6.45) is 0. The average Bonchev–Trinajstić information content (AvgIpc) is 2.73. The fourth-order valence-electron chi connectivity index (χ4n) is 1.62. The number of anilines is 1. The van der Waals surface area contributed by atoms with E-state index in [4.69, 9.17) is 4.52 Å². The highest BCUT2D eigenvalue weighted by molar-refractivity contribution is 5.91. The number of amides is 2. The summed E-state index contributed by atoms with van der Waals surface area (Å²) in [5.74, 6) is 1.04. The van der Waals surface area contributed by atoms with Gasteiger partial charge >= 0.3 is 0 Å². The van der Waals surface area contributed by atoms with Crippen LogP contribution in [-0.2, 0) is 9.59 Å². The second-order valence-electron chi connectivity index (χ2n) is 5.64. The monoisotopic (exact) mass is 296 g/mol. The number of aromatic nitrogens is 1. The van der Waals surface area contributed by atoms with E-state index in [0.29, 0.717) is 17.5 Å². The number of hydrogen-bond donors (Lipinski definition) is 2. The van der Waals surface area contributed by atoms with Crippen molar-refractivity contribution >= 4 is 17.6 Å². The molecule has 0 fully saturated rings. The van der Waals surface area contributed by atoms with Gasteiger partial charge < -0.3 is 15.2 Å². The summed E-state index contributed by atoms with van der Waals surface area (Å²) in [4.78, 5) is 25.2. The van der Waals surface area contributed by atoms with Crippen molar-refractivity contribution in [3.63, 3.8) is 0 Å². The van der Waals surface area contributed by atoms with Gasteiger partial charge in [0.15, 0.2) is 5.82 Å². The van der Waals surface area contributed by atoms with E-state index in [9.17, 15) is 9.59 Å². The first kappa shape index (κ1) is 17.2. The van der Waals surface area contributed by atoms with Crippen LogP contribution in [0, 0.1) is 12.8 Å². The van der Waals surface area contributed by atoms with Gasteiger partial charge in [-0.25, -0.2) is 0 Å². The molecule has 2 amide bonds. The van der Waals surface area contributed by atoms with Gasteiger partial charge in [-0.15, -0.1) is 0 Å². The van der Waals surface area contributed by atoms with Crippen LogP contribution in [0.1, 0.15) is 26.5 Å². The molecule has 0 bridgehead atoms. The van der Waals surface area contributed by atoms with Gasteiger partial charge in [0.25, 0.3) is 0 Å². The van der Waals surface area contributed by atoms with Crippen molar-refractivity contribution in [2.45, 2.75) is 33.7 Å². The third kappa shape index (κ3) is 6.40. The Hall–Kier alpha value is -1.89. The van der Waals surface area contributed by atoms with Gasteiger partial charge in [0, 0.05) is 12.1 Å². The fourth-order valence-corrected chi connectivity index (χ4v) is 1.62. The molecule has 0 aliphatic heterocycles. The lowest BCUT2D eigenvalue weighted by Gasteiger charge is -2.20. The number of aryl methyl sites for hydroxylation is 1. The van der Waals surface area contributed by atoms with Crippen LogP contribution in [0.3, 0.4) is 0 Å². The minimum absolute atomic E-state index is 0.0937. The number of rotatable bonds is 7. The van der Waals surface area contributed by atoms with E-state index in [1.807, 2.05) is 20.8 Å². The summed E-state index contributed by atoms with van der Waals surface area (Å²) < 4.78 is 4.86. The van der Waals surface area contributed by atoms with Gasteiger partial charge in [0.1, 0.15) is 5.76 Å². The summed E-state index contributed by atoms with van der Waals surface area (Å²) >= 11 is 0. The number of nitrogens with one attached hydrogen (secondary N) is 2. The Morgan fingerprint density at radius 2 is 1.90 bits per heavy atom. The Kier molecular flexibility index (Phi) is 6.36. The molecule has 1 rings (SSSR count). The van der Waals surface area contributed by atoms with Gasteiger partial charge in [-0.2, -0.15) is 0 Å². The molecule has 0 spiro atoms. The van der Waals surface area contributed by atoms with Crippen molar-refractivity contribution in [3.8, 4) is 0 Å². The third-order valence-corrected chi connectivity index (χ3v) is 3.11. The van der Waals surface area contributed by atoms with Gasteiger partial charge in [-0.3, -0.25) is 14.5 Å². The van der Waals surface area contributed by atoms with E-state index in [-0.39, 0.29) is 30.9 Å². The van der Waals surface area contributed by atoms with Crippen LogP contribution < -0.4 is 10.6 Å². The standard InChI is InChI=1S/C14H24N4O3/c1-9(2)11(4)15-13(19)7-18(5)8-14(20)16-12-6-10(3)21-17-12/h6,9,11H,7-8H2,1-5H3,(H,15,19)(H,16,17,20)/t11-/m1/s1. The number of nitrogens with zero attached hydrogens (tertiary/aromatic N) is 2. The van der Waals surface area contributed by atoms with Gasteiger partial charge in [-0.1, -0.05) is 19.0 Å². The lowest BCUT2D eigenvalue weighted by molar-refractivity contribution is -0.123. The summed E-state index contributed by atoms with van der Waals surface area (Å²) in [5.41, 5.74) is 0. The molecule has 1 heterocycles. The van der Waals surface area contributed by atoms with Crippen molar-refractivity contribution < 1.29 is 14.1 Å². The molecule has 1 aromatic rings. The van der Waals surface area contributed by atoms with Crippen molar-refractivity contribution in [2.24, 2.45) is 5.92 Å². The first-order valence-corrected chi connectivity index (χ1v) is 6.99. The van der Waals surface area contributed by atoms with E-state index < -0.39 is 0 Å². The van der Waals surface area contributed by atoms with Crippen molar-refractivity contribution in [1.82, 2.24) is 15.4 Å². The van der Waals surface area contributed by atoms with Crippen LogP contribution in [0.25, 0.3) is 0 Å². The van der Waals surface area contributed by atoms with Crippen LogP contribution >= 0.6 is 0 Å². The summed E-state index contributed by atoms with van der Waals surface area (Å²) in [5, 5.41) is 9.18. The predicted octanol–water partition coefficient (Wildman–Crippen LogP) is 1.01. The van der Waals surface area contributed by atoms with Gasteiger partial charge in [-0.05, 0) is 26.8 Å². The Labute approximate surface area is 125 Å². The molecule has 0 saturated carbocycles. The molecule has 1 aromatic heterocycles. The molecule has 7 heteroatoms. The lowest BCUT2D eigenvalue weighted by atomic mass is 10.1. The number of hydrogen-bond acceptors (Lipinski definition) is 5. The van der Waals surface area contributed by atoms with Crippen LogP contribution in [0.5, 0.6) is 0 Å². The average molecular weight is 296 g/mol. The van der Waals surface area contributed by atoms with E-state index in [1.54, 1.807) is 24.9 Å². The molecule has 7 nitrogen and oxygen atoms in total. The lowest BCUT2D eigenvalue weighted by Crippen LogP contribution is -2.43. The maximum atomic E-state index is 11.8. The molecule has 0 saturated heterocycles. The third-order valence-electron chi connectivity index (χ3n) is 3.11. The zero-order valence-corrected chi connectivity index (χ0v) is 13.3. The van der Waals surface area contributed by atoms with E-state index >= 15 is 0 Å². The van der Waals surface area contributed by atoms with E-state index in [1.165, 1.54) is 0 Å². The van der Waals surface area contributed by atoms with Crippen molar-refractivity contribution in [1.29, 1.82) is 0 Å². The molecule has 1 atom stereocenters. The SMILES string of the molecule is Cc1cc(NC(=O)CN(C)CC(=O)N[C@H](C)C(C)C)no1. The maximum absolute atomic E-state index is 11.8. The number of carbonyl (C=O) groups is 2. The topological polar surface area (TPSA) is 87.5 Å². The highest BCUT2D eigenvalue weighted by Gasteiger charge is 2.15. The van der Waals surface area contributed by atoms with E-state index in [2.05, 4.69) is 15.8 Å².